The number of sulfonamides is 1. The van der Waals surface area contributed by atoms with Crippen LogP contribution in [0.3, 0.4) is 0 Å². The average Bonchev–Trinajstić information content (AvgIpc) is 2.92. The van der Waals surface area contributed by atoms with Crippen molar-refractivity contribution < 1.29 is 22.7 Å². The summed E-state index contributed by atoms with van der Waals surface area (Å²) in [5, 5.41) is 0.102. The highest BCUT2D eigenvalue weighted by atomic mass is 32.2. The number of hydrogen-bond acceptors (Lipinski definition) is 6. The number of pyridine rings is 1. The fourth-order valence-corrected chi connectivity index (χ4v) is 5.58. The SMILES string of the molecule is CCOC(=O)N1CCN(C(=O)c2c[nH]c3ccc(S(=O)(=O)N(C)c4ccc(C(C)C)cc4)cc3c2=O)CC1. The lowest BCUT2D eigenvalue weighted by Crippen LogP contribution is -2.51. The van der Waals surface area contributed by atoms with E-state index < -0.39 is 27.5 Å². The molecule has 1 aliphatic heterocycles. The summed E-state index contributed by atoms with van der Waals surface area (Å²) in [5.74, 6) is -0.163. The third-order valence-corrected chi connectivity index (χ3v) is 8.54. The number of fused-ring (bicyclic) bond motifs is 1. The van der Waals surface area contributed by atoms with Gasteiger partial charge in [-0.25, -0.2) is 13.2 Å². The van der Waals surface area contributed by atoms with Crippen LogP contribution in [0, 0.1) is 0 Å². The normalized spacial score (nSPS) is 14.1. The first-order valence-corrected chi connectivity index (χ1v) is 13.9. The van der Waals surface area contributed by atoms with E-state index in [-0.39, 0.29) is 35.5 Å². The van der Waals surface area contributed by atoms with Crippen molar-refractivity contribution in [2.45, 2.75) is 31.6 Å². The highest BCUT2D eigenvalue weighted by molar-refractivity contribution is 7.92. The van der Waals surface area contributed by atoms with Crippen LogP contribution in [0.5, 0.6) is 0 Å². The molecule has 1 N–H and O–H groups in total. The van der Waals surface area contributed by atoms with Crippen LogP contribution >= 0.6 is 0 Å². The number of H-pyrrole nitrogens is 1. The van der Waals surface area contributed by atoms with Crippen LogP contribution in [0.25, 0.3) is 10.9 Å². The molecular formula is C27H32N4O6S. The van der Waals surface area contributed by atoms with Gasteiger partial charge in [0.05, 0.1) is 17.2 Å². The first-order chi connectivity index (χ1) is 18.0. The first kappa shape index (κ1) is 27.2. The minimum absolute atomic E-state index is 0.0569. The summed E-state index contributed by atoms with van der Waals surface area (Å²) in [5.41, 5.74) is 1.36. The molecule has 1 fully saturated rings. The van der Waals surface area contributed by atoms with Gasteiger partial charge in [-0.1, -0.05) is 26.0 Å². The largest absolute Gasteiger partial charge is 0.450 e. The number of ether oxygens (including phenoxy) is 1. The van der Waals surface area contributed by atoms with Crippen molar-refractivity contribution in [3.8, 4) is 0 Å². The number of anilines is 1. The maximum absolute atomic E-state index is 13.4. The lowest BCUT2D eigenvalue weighted by molar-refractivity contribution is 0.0569. The molecule has 1 aromatic heterocycles. The van der Waals surface area contributed by atoms with E-state index in [1.165, 1.54) is 45.5 Å². The van der Waals surface area contributed by atoms with Crippen LogP contribution in [-0.2, 0) is 14.8 Å². The van der Waals surface area contributed by atoms with Gasteiger partial charge in [0, 0.05) is 50.3 Å². The van der Waals surface area contributed by atoms with Gasteiger partial charge in [-0.15, -0.1) is 0 Å². The number of rotatable bonds is 6. The second-order valence-corrected chi connectivity index (χ2v) is 11.4. The standard InChI is InChI=1S/C27H32N4O6S/c1-5-37-27(34)31-14-12-30(13-15-31)26(33)23-17-28-24-11-10-21(16-22(24)25(23)32)38(35,36)29(4)20-8-6-19(7-9-20)18(2)3/h6-11,16-18H,5,12-15H2,1-4H3,(H,28,32). The van der Waals surface area contributed by atoms with Crippen molar-refractivity contribution in [3.05, 3.63) is 70.0 Å². The molecule has 1 saturated heterocycles. The fraction of sp³-hybridized carbons (Fsp3) is 0.370. The molecule has 10 nitrogen and oxygen atoms in total. The maximum Gasteiger partial charge on any atom is 0.409 e. The Kier molecular flexibility index (Phi) is 7.77. The zero-order chi connectivity index (χ0) is 27.6. The molecule has 3 aromatic rings. The van der Waals surface area contributed by atoms with Crippen molar-refractivity contribution in [3.63, 3.8) is 0 Å². The van der Waals surface area contributed by atoms with Crippen molar-refractivity contribution >= 4 is 38.6 Å². The number of hydrogen-bond donors (Lipinski definition) is 1. The number of piperazine rings is 1. The van der Waals surface area contributed by atoms with Crippen molar-refractivity contribution in [1.29, 1.82) is 0 Å². The van der Waals surface area contributed by atoms with Gasteiger partial charge in [0.1, 0.15) is 5.56 Å². The Labute approximate surface area is 221 Å². The number of aromatic amines is 1. The van der Waals surface area contributed by atoms with Crippen molar-refractivity contribution in [1.82, 2.24) is 14.8 Å². The first-order valence-electron chi connectivity index (χ1n) is 12.5. The van der Waals surface area contributed by atoms with Gasteiger partial charge in [0.15, 0.2) is 0 Å². The second kappa shape index (κ2) is 10.9. The Hall–Kier alpha value is -3.86. The van der Waals surface area contributed by atoms with E-state index in [2.05, 4.69) is 18.8 Å². The summed E-state index contributed by atoms with van der Waals surface area (Å²) in [7, 11) is -2.51. The number of amides is 2. The quantitative estimate of drug-likeness (QED) is 0.512. The Morgan fingerprint density at radius 2 is 1.66 bits per heavy atom. The Balaban J connectivity index is 1.60. The highest BCUT2D eigenvalue weighted by Gasteiger charge is 2.28. The molecule has 0 bridgehead atoms. The molecule has 0 radical (unpaired) electrons. The number of carbonyl (C=O) groups is 2. The zero-order valence-corrected chi connectivity index (χ0v) is 22.7. The van der Waals surface area contributed by atoms with Gasteiger partial charge < -0.3 is 19.5 Å². The number of nitrogens with zero attached hydrogens (tertiary/aromatic N) is 3. The Bertz CT molecular complexity index is 1510. The van der Waals surface area contributed by atoms with E-state index in [4.69, 9.17) is 4.74 Å². The maximum atomic E-state index is 13.4. The molecule has 4 rings (SSSR count). The minimum atomic E-state index is -3.97. The molecule has 2 aromatic carbocycles. The average molecular weight is 541 g/mol. The summed E-state index contributed by atoms with van der Waals surface area (Å²) in [6, 6.07) is 11.5. The van der Waals surface area contributed by atoms with Crippen LogP contribution in [0.1, 0.15) is 42.6 Å². The van der Waals surface area contributed by atoms with E-state index in [9.17, 15) is 22.8 Å². The summed E-state index contributed by atoms with van der Waals surface area (Å²) < 4.78 is 33.0. The molecule has 0 unspecified atom stereocenters. The van der Waals surface area contributed by atoms with Crippen LogP contribution in [-0.4, -0.2) is 75.0 Å². The van der Waals surface area contributed by atoms with Crippen molar-refractivity contribution in [2.75, 3.05) is 44.1 Å². The molecule has 2 heterocycles. The van der Waals surface area contributed by atoms with Crippen LogP contribution in [0.4, 0.5) is 10.5 Å². The van der Waals surface area contributed by atoms with E-state index in [0.29, 0.717) is 30.2 Å². The zero-order valence-electron chi connectivity index (χ0n) is 21.9. The molecule has 1 aliphatic rings. The molecular weight excluding hydrogens is 508 g/mol. The van der Waals surface area contributed by atoms with Gasteiger partial charge in [-0.05, 0) is 48.7 Å². The van der Waals surface area contributed by atoms with E-state index >= 15 is 0 Å². The monoisotopic (exact) mass is 540 g/mol. The fourth-order valence-electron chi connectivity index (χ4n) is 4.36. The molecule has 0 aliphatic carbocycles. The van der Waals surface area contributed by atoms with E-state index in [0.717, 1.165) is 5.56 Å². The number of nitrogens with one attached hydrogen (secondary N) is 1. The third kappa shape index (κ3) is 5.24. The smallest absolute Gasteiger partial charge is 0.409 e. The molecule has 11 heteroatoms. The number of benzene rings is 2. The van der Waals surface area contributed by atoms with Gasteiger partial charge in [0.25, 0.3) is 15.9 Å². The summed E-state index contributed by atoms with van der Waals surface area (Å²) in [4.78, 5) is 44.3. The summed E-state index contributed by atoms with van der Waals surface area (Å²) in [6.07, 6.45) is 0.916. The van der Waals surface area contributed by atoms with Crippen LogP contribution in [0.15, 0.2) is 58.4 Å². The molecule has 0 saturated carbocycles. The van der Waals surface area contributed by atoms with Crippen LogP contribution in [0.2, 0.25) is 0 Å². The highest BCUT2D eigenvalue weighted by Crippen LogP contribution is 2.26. The lowest BCUT2D eigenvalue weighted by Gasteiger charge is -2.33. The van der Waals surface area contributed by atoms with E-state index in [1.807, 2.05) is 12.1 Å². The topological polar surface area (TPSA) is 120 Å². The summed E-state index contributed by atoms with van der Waals surface area (Å²) in [6.45, 7) is 7.21. The Morgan fingerprint density at radius 3 is 2.26 bits per heavy atom. The molecule has 0 spiro atoms. The van der Waals surface area contributed by atoms with Gasteiger partial charge in [0.2, 0.25) is 5.43 Å². The van der Waals surface area contributed by atoms with Crippen molar-refractivity contribution in [2.24, 2.45) is 0 Å². The van der Waals surface area contributed by atoms with Crippen LogP contribution < -0.4 is 9.73 Å². The lowest BCUT2D eigenvalue weighted by atomic mass is 10.0. The third-order valence-electron chi connectivity index (χ3n) is 6.76. The molecule has 2 amide bonds. The predicted octanol–water partition coefficient (Wildman–Crippen LogP) is 3.39. The number of aromatic nitrogens is 1. The Morgan fingerprint density at radius 1 is 1.03 bits per heavy atom. The minimum Gasteiger partial charge on any atom is -0.450 e. The molecule has 202 valence electrons. The predicted molar refractivity (Wildman–Crippen MR) is 145 cm³/mol. The van der Waals surface area contributed by atoms with E-state index in [1.54, 1.807) is 19.1 Å². The van der Waals surface area contributed by atoms with Gasteiger partial charge in [-0.3, -0.25) is 13.9 Å². The molecule has 0 atom stereocenters. The second-order valence-electron chi connectivity index (χ2n) is 9.44. The summed E-state index contributed by atoms with van der Waals surface area (Å²) >= 11 is 0. The number of carbonyl (C=O) groups excluding carboxylic acids is 2. The molecule has 38 heavy (non-hydrogen) atoms. The van der Waals surface area contributed by atoms with Gasteiger partial charge >= 0.3 is 6.09 Å². The van der Waals surface area contributed by atoms with Gasteiger partial charge in [-0.2, -0.15) is 0 Å².